The van der Waals surface area contributed by atoms with Gasteiger partial charge < -0.3 is 25.0 Å². The summed E-state index contributed by atoms with van der Waals surface area (Å²) in [5.74, 6) is -3.30. The summed E-state index contributed by atoms with van der Waals surface area (Å²) in [5.41, 5.74) is -2.22. The lowest BCUT2D eigenvalue weighted by Gasteiger charge is -2.36. The standard InChI is InChI=1S/C24H39BF2N4O5/c1-21(2,8-10-25(34)35)15-29-20(33)36-17-23(5)7-6-11-31(23)19(32)18(14-28)13-22(3,4)30-12-9-24(26,27)16-30/h13,34-35H,6-12,15-17H2,1-5H3,(H,29,33)/t23-/m1/s1. The van der Waals surface area contributed by atoms with Crippen LogP contribution in [0.4, 0.5) is 13.6 Å². The first kappa shape index (κ1) is 30.0. The topological polar surface area (TPSA) is 126 Å². The smallest absolute Gasteiger partial charge is 0.447 e. The van der Waals surface area contributed by atoms with Crippen molar-refractivity contribution in [3.63, 3.8) is 0 Å². The zero-order valence-electron chi connectivity index (χ0n) is 21.9. The van der Waals surface area contributed by atoms with Crippen LogP contribution in [0, 0.1) is 16.7 Å². The van der Waals surface area contributed by atoms with Gasteiger partial charge >= 0.3 is 13.2 Å². The summed E-state index contributed by atoms with van der Waals surface area (Å²) in [4.78, 5) is 28.7. The second kappa shape index (κ2) is 11.4. The molecular weight excluding hydrogens is 473 g/mol. The van der Waals surface area contributed by atoms with E-state index in [0.717, 1.165) is 0 Å². The van der Waals surface area contributed by atoms with Crippen molar-refractivity contribution in [1.29, 1.82) is 5.26 Å². The largest absolute Gasteiger partial charge is 0.451 e. The van der Waals surface area contributed by atoms with Crippen molar-refractivity contribution in [3.8, 4) is 6.07 Å². The molecule has 0 spiro atoms. The van der Waals surface area contributed by atoms with E-state index in [1.807, 2.05) is 19.9 Å². The lowest BCUT2D eigenvalue weighted by atomic mass is 9.75. The molecule has 2 amide bonds. The second-order valence-electron chi connectivity index (χ2n) is 11.5. The molecule has 2 heterocycles. The zero-order chi connectivity index (χ0) is 27.4. The highest BCUT2D eigenvalue weighted by atomic mass is 19.3. The molecule has 0 aromatic heterocycles. The highest BCUT2D eigenvalue weighted by Crippen LogP contribution is 2.34. The van der Waals surface area contributed by atoms with E-state index < -0.39 is 42.7 Å². The van der Waals surface area contributed by atoms with Gasteiger partial charge in [0, 0.05) is 31.6 Å². The van der Waals surface area contributed by atoms with Crippen LogP contribution in [-0.2, 0) is 9.53 Å². The molecule has 0 radical (unpaired) electrons. The molecule has 2 rings (SSSR count). The van der Waals surface area contributed by atoms with Crippen LogP contribution in [0.5, 0.6) is 0 Å². The number of hydrogen-bond donors (Lipinski definition) is 3. The first-order valence-corrected chi connectivity index (χ1v) is 12.3. The van der Waals surface area contributed by atoms with Crippen LogP contribution in [-0.4, -0.2) is 88.8 Å². The number of amides is 2. The molecule has 202 valence electrons. The summed E-state index contributed by atoms with van der Waals surface area (Å²) < 4.78 is 32.9. The number of nitrogens with zero attached hydrogens (tertiary/aromatic N) is 3. The molecule has 2 saturated heterocycles. The van der Waals surface area contributed by atoms with Gasteiger partial charge in [-0.05, 0) is 57.8 Å². The number of rotatable bonds is 10. The van der Waals surface area contributed by atoms with Crippen LogP contribution in [0.3, 0.4) is 0 Å². The van der Waals surface area contributed by atoms with E-state index in [1.165, 1.54) is 11.0 Å². The summed E-state index contributed by atoms with van der Waals surface area (Å²) >= 11 is 0. The minimum absolute atomic E-state index is 0.0686. The fraction of sp³-hybridized carbons (Fsp3) is 0.792. The Morgan fingerprint density at radius 3 is 2.44 bits per heavy atom. The van der Waals surface area contributed by atoms with Crippen LogP contribution in [0.1, 0.15) is 60.3 Å². The minimum atomic E-state index is -2.79. The number of carbonyl (C=O) groups is 2. The monoisotopic (exact) mass is 512 g/mol. The molecule has 2 aliphatic heterocycles. The van der Waals surface area contributed by atoms with Gasteiger partial charge in [-0.1, -0.05) is 13.8 Å². The third kappa shape index (κ3) is 8.15. The normalized spacial score (nSPS) is 22.9. The van der Waals surface area contributed by atoms with E-state index in [0.29, 0.717) is 25.8 Å². The Labute approximate surface area is 212 Å². The Bertz CT molecular complexity index is 890. The highest BCUT2D eigenvalue weighted by molar-refractivity contribution is 6.40. The number of likely N-dealkylation sites (tertiary alicyclic amines) is 2. The average Bonchev–Trinajstić information content (AvgIpc) is 3.35. The maximum absolute atomic E-state index is 13.7. The Kier molecular flexibility index (Phi) is 9.54. The van der Waals surface area contributed by atoms with Gasteiger partial charge in [0.1, 0.15) is 18.2 Å². The third-order valence-electron chi connectivity index (χ3n) is 7.13. The van der Waals surface area contributed by atoms with Crippen molar-refractivity contribution >= 4 is 19.1 Å². The van der Waals surface area contributed by atoms with Gasteiger partial charge in [-0.2, -0.15) is 5.26 Å². The molecule has 2 aliphatic rings. The fourth-order valence-corrected chi connectivity index (χ4v) is 4.67. The first-order chi connectivity index (χ1) is 16.5. The molecule has 3 N–H and O–H groups in total. The maximum atomic E-state index is 13.7. The molecule has 0 aromatic rings. The van der Waals surface area contributed by atoms with E-state index in [9.17, 15) is 23.6 Å². The maximum Gasteiger partial charge on any atom is 0.451 e. The van der Waals surface area contributed by atoms with E-state index in [-0.39, 0.29) is 43.4 Å². The molecule has 9 nitrogen and oxygen atoms in total. The van der Waals surface area contributed by atoms with Crippen LogP contribution in [0.25, 0.3) is 0 Å². The highest BCUT2D eigenvalue weighted by Gasteiger charge is 2.45. The number of alkyl carbamates (subject to hydrolysis) is 1. The Hall–Kier alpha value is -2.23. The number of hydrogen-bond acceptors (Lipinski definition) is 7. The zero-order valence-corrected chi connectivity index (χ0v) is 21.9. The summed E-state index contributed by atoms with van der Waals surface area (Å²) in [6.45, 7) is 9.30. The average molecular weight is 512 g/mol. The fourth-order valence-electron chi connectivity index (χ4n) is 4.67. The number of nitriles is 1. The lowest BCUT2D eigenvalue weighted by molar-refractivity contribution is -0.131. The Morgan fingerprint density at radius 2 is 1.89 bits per heavy atom. The predicted octanol–water partition coefficient (Wildman–Crippen LogP) is 2.55. The molecule has 0 aliphatic carbocycles. The van der Waals surface area contributed by atoms with Gasteiger partial charge in [0.25, 0.3) is 11.8 Å². The van der Waals surface area contributed by atoms with E-state index >= 15 is 0 Å². The Balaban J connectivity index is 2.01. The molecule has 0 saturated carbocycles. The summed E-state index contributed by atoms with van der Waals surface area (Å²) in [7, 11) is -1.41. The van der Waals surface area contributed by atoms with Gasteiger partial charge in [-0.15, -0.1) is 0 Å². The predicted molar refractivity (Wildman–Crippen MR) is 131 cm³/mol. The lowest BCUT2D eigenvalue weighted by Crippen LogP contribution is -2.50. The van der Waals surface area contributed by atoms with E-state index in [2.05, 4.69) is 5.32 Å². The van der Waals surface area contributed by atoms with E-state index in [1.54, 1.807) is 25.7 Å². The molecule has 1 atom stereocenters. The van der Waals surface area contributed by atoms with Gasteiger partial charge in [-0.3, -0.25) is 9.69 Å². The number of nitrogens with one attached hydrogen (secondary N) is 1. The van der Waals surface area contributed by atoms with Crippen LogP contribution < -0.4 is 5.32 Å². The molecular formula is C24H39BF2N4O5. The summed E-state index contributed by atoms with van der Waals surface area (Å²) in [6.07, 6.45) is 2.46. The second-order valence-corrected chi connectivity index (χ2v) is 11.5. The molecule has 0 aromatic carbocycles. The first-order valence-electron chi connectivity index (χ1n) is 12.3. The van der Waals surface area contributed by atoms with Crippen molar-refractivity contribution in [3.05, 3.63) is 11.6 Å². The third-order valence-corrected chi connectivity index (χ3v) is 7.13. The molecule has 0 unspecified atom stereocenters. The van der Waals surface area contributed by atoms with Gasteiger partial charge in [-0.25, -0.2) is 13.6 Å². The number of halogens is 2. The van der Waals surface area contributed by atoms with Crippen LogP contribution in [0.2, 0.25) is 6.32 Å². The summed E-state index contributed by atoms with van der Waals surface area (Å²) in [6, 6.07) is 1.94. The van der Waals surface area contributed by atoms with Crippen molar-refractivity contribution < 1.29 is 33.2 Å². The summed E-state index contributed by atoms with van der Waals surface area (Å²) in [5, 5.41) is 30.5. The Morgan fingerprint density at radius 1 is 1.22 bits per heavy atom. The molecule has 12 heteroatoms. The van der Waals surface area contributed by atoms with Crippen molar-refractivity contribution in [1.82, 2.24) is 15.1 Å². The number of carbonyl (C=O) groups excluding carboxylic acids is 2. The number of alkyl halides is 2. The van der Waals surface area contributed by atoms with Gasteiger partial charge in [0.05, 0.1) is 12.1 Å². The van der Waals surface area contributed by atoms with Crippen LogP contribution in [0.15, 0.2) is 11.6 Å². The van der Waals surface area contributed by atoms with Gasteiger partial charge in [0.2, 0.25) is 0 Å². The van der Waals surface area contributed by atoms with E-state index in [4.69, 9.17) is 14.8 Å². The molecule has 36 heavy (non-hydrogen) atoms. The van der Waals surface area contributed by atoms with Crippen molar-refractivity contribution in [2.45, 2.75) is 83.6 Å². The van der Waals surface area contributed by atoms with Crippen LogP contribution >= 0.6 is 0 Å². The SMILES string of the molecule is CC(C)(CCB(O)O)CNC(=O)OC[C@@]1(C)CCCN1C(=O)C(C#N)=CC(C)(C)N1CCC(F)(F)C1. The molecule has 0 bridgehead atoms. The minimum Gasteiger partial charge on any atom is -0.447 e. The quantitative estimate of drug-likeness (QED) is 0.233. The van der Waals surface area contributed by atoms with Crippen molar-refractivity contribution in [2.75, 3.05) is 32.8 Å². The van der Waals surface area contributed by atoms with Gasteiger partial charge in [0.15, 0.2) is 0 Å². The van der Waals surface area contributed by atoms with Crippen molar-refractivity contribution in [2.24, 2.45) is 5.41 Å². The molecule has 2 fully saturated rings. The number of ether oxygens (including phenoxy) is 1.